The Kier molecular flexibility index (Phi) is 8.32. The number of thioether (sulfide) groups is 1. The molecule has 2 bridgehead atoms. The minimum atomic E-state index is -0.623. The number of piperidine rings is 1. The number of carbonyl (C=O) groups excluding carboxylic acids is 2. The number of amides is 2. The Bertz CT molecular complexity index is 1840. The summed E-state index contributed by atoms with van der Waals surface area (Å²) in [5, 5.41) is 11.6. The highest BCUT2D eigenvalue weighted by Gasteiger charge is 2.62. The van der Waals surface area contributed by atoms with Crippen LogP contribution in [0.2, 0.25) is 6.04 Å². The SMILES string of the molecule is CSc1nc2c(F)c(Br)c(CCC#N)cc2c2c1cc([C@H]1C[C@H]3[C@@H](C)[C@H]3N1C(=O)OCC[Si])n2[C@H]1[C@@H]2C[C@H]1N(C(=O)OC(C)(C)C)C2. The van der Waals surface area contributed by atoms with Gasteiger partial charge in [-0.15, -0.1) is 11.8 Å². The van der Waals surface area contributed by atoms with Gasteiger partial charge in [-0.3, -0.25) is 4.90 Å². The fraction of sp³-hybridized carbons (Fsp3) is 0.588. The van der Waals surface area contributed by atoms with Crippen LogP contribution in [0.15, 0.2) is 21.6 Å². The Labute approximate surface area is 290 Å². The maximum absolute atomic E-state index is 16.2. The second-order valence-electron chi connectivity index (χ2n) is 14.3. The Morgan fingerprint density at radius 1 is 1.21 bits per heavy atom. The van der Waals surface area contributed by atoms with Crippen LogP contribution in [0.25, 0.3) is 21.8 Å². The summed E-state index contributed by atoms with van der Waals surface area (Å²) < 4.78 is 30.3. The molecule has 2 amide bonds. The minimum Gasteiger partial charge on any atom is -0.450 e. The van der Waals surface area contributed by atoms with E-state index >= 15 is 4.39 Å². The van der Waals surface area contributed by atoms with Crippen LogP contribution in [0.5, 0.6) is 0 Å². The van der Waals surface area contributed by atoms with E-state index in [0.29, 0.717) is 51.3 Å². The van der Waals surface area contributed by atoms with Gasteiger partial charge in [-0.2, -0.15) is 5.26 Å². The van der Waals surface area contributed by atoms with Crippen molar-refractivity contribution in [2.24, 2.45) is 17.8 Å². The Morgan fingerprint density at radius 3 is 2.66 bits per heavy atom. The predicted molar refractivity (Wildman–Crippen MR) is 182 cm³/mol. The number of fused-ring (bicyclic) bond motifs is 5. The molecule has 3 radical (unpaired) electrons. The quantitative estimate of drug-likeness (QED) is 0.182. The van der Waals surface area contributed by atoms with Crippen molar-refractivity contribution in [1.29, 1.82) is 5.26 Å². The maximum Gasteiger partial charge on any atom is 0.410 e. The molecule has 1 aromatic carbocycles. The number of nitriles is 1. The fourth-order valence-electron chi connectivity index (χ4n) is 8.35. The number of hydrogen-bond acceptors (Lipinski definition) is 7. The second-order valence-corrected chi connectivity index (χ2v) is 16.4. The average molecular weight is 740 g/mol. The monoisotopic (exact) mass is 738 g/mol. The summed E-state index contributed by atoms with van der Waals surface area (Å²) in [5.41, 5.74) is 2.15. The first-order valence-electron chi connectivity index (χ1n) is 16.3. The number of aromatic nitrogens is 2. The third-order valence-electron chi connectivity index (χ3n) is 10.4. The first kappa shape index (κ1) is 32.7. The largest absolute Gasteiger partial charge is 0.450 e. The second kappa shape index (κ2) is 11.9. The van der Waals surface area contributed by atoms with E-state index < -0.39 is 11.4 Å². The number of pyridine rings is 1. The maximum atomic E-state index is 16.2. The zero-order chi connectivity index (χ0) is 33.5. The molecule has 8 rings (SSSR count). The zero-order valence-corrected chi connectivity index (χ0v) is 30.6. The minimum absolute atomic E-state index is 0.0842. The molecule has 0 spiro atoms. The van der Waals surface area contributed by atoms with E-state index in [1.165, 1.54) is 11.8 Å². The summed E-state index contributed by atoms with van der Waals surface area (Å²) in [7, 11) is 3.43. The van der Waals surface area contributed by atoms with Gasteiger partial charge in [-0.1, -0.05) is 6.92 Å². The van der Waals surface area contributed by atoms with Gasteiger partial charge in [0.2, 0.25) is 0 Å². The molecule has 2 aliphatic carbocycles. The van der Waals surface area contributed by atoms with Crippen LogP contribution in [-0.4, -0.2) is 78.9 Å². The molecule has 3 aliphatic heterocycles. The highest BCUT2D eigenvalue weighted by atomic mass is 79.9. The number of halogens is 2. The van der Waals surface area contributed by atoms with Gasteiger partial charge in [0.1, 0.15) is 16.1 Å². The molecule has 47 heavy (non-hydrogen) atoms. The van der Waals surface area contributed by atoms with Gasteiger partial charge in [-0.05, 0) is 97.8 Å². The lowest BCUT2D eigenvalue weighted by Crippen LogP contribution is -2.45. The summed E-state index contributed by atoms with van der Waals surface area (Å²) in [6.45, 7) is 8.64. The van der Waals surface area contributed by atoms with Gasteiger partial charge in [0.05, 0.1) is 40.8 Å². The van der Waals surface area contributed by atoms with E-state index in [0.717, 1.165) is 29.4 Å². The van der Waals surface area contributed by atoms with E-state index in [9.17, 15) is 14.9 Å². The summed E-state index contributed by atoms with van der Waals surface area (Å²) >= 11 is 4.91. The van der Waals surface area contributed by atoms with Crippen molar-refractivity contribution in [3.8, 4) is 6.07 Å². The van der Waals surface area contributed by atoms with Gasteiger partial charge in [-0.25, -0.2) is 19.0 Å². The number of aryl methyl sites for hydroxylation is 1. The van der Waals surface area contributed by atoms with Crippen molar-refractivity contribution in [3.63, 3.8) is 0 Å². The molecule has 13 heteroatoms. The molecule has 9 nitrogen and oxygen atoms in total. The average Bonchev–Trinajstić information content (AvgIpc) is 3.56. The van der Waals surface area contributed by atoms with E-state index in [4.69, 9.17) is 14.5 Å². The zero-order valence-electron chi connectivity index (χ0n) is 27.2. The molecule has 0 N–H and O–H groups in total. The molecule has 2 aromatic heterocycles. The summed E-state index contributed by atoms with van der Waals surface area (Å²) in [6, 6.07) is 6.50. The van der Waals surface area contributed by atoms with Gasteiger partial charge < -0.3 is 18.9 Å². The van der Waals surface area contributed by atoms with E-state index in [1.54, 1.807) is 0 Å². The molecule has 5 aliphatic rings. The first-order valence-corrected chi connectivity index (χ1v) is 19.0. The molecule has 7 atom stereocenters. The number of hydrogen-bond donors (Lipinski definition) is 0. The summed E-state index contributed by atoms with van der Waals surface area (Å²) in [4.78, 5) is 35.7. The van der Waals surface area contributed by atoms with E-state index in [1.807, 2.05) is 42.9 Å². The number of rotatable bonds is 7. The summed E-state index contributed by atoms with van der Waals surface area (Å²) in [6.07, 6.45) is 3.58. The third kappa shape index (κ3) is 5.24. The van der Waals surface area contributed by atoms with Gasteiger partial charge in [0.25, 0.3) is 0 Å². The van der Waals surface area contributed by atoms with Crippen molar-refractivity contribution in [3.05, 3.63) is 33.7 Å². The van der Waals surface area contributed by atoms with Crippen molar-refractivity contribution >= 4 is 71.9 Å². The Morgan fingerprint density at radius 2 is 1.98 bits per heavy atom. The summed E-state index contributed by atoms with van der Waals surface area (Å²) in [5.74, 6) is 0.482. The molecule has 3 aromatic rings. The van der Waals surface area contributed by atoms with Crippen molar-refractivity contribution in [1.82, 2.24) is 19.4 Å². The Balaban J connectivity index is 1.45. The standard InChI is InChI=1S/C34H38BrFN5O4SSi/c1-16-19-13-23(41(28(16)19)33(43)44-9-10-47)22-14-21-30(40(22)29-18-12-24(29)39(15-18)32(42)45-34(2,3)4)20-11-17(7-6-8-37)25(35)26(36)27(20)38-31(21)46-5/h11,14,16,18-19,23-24,28-29H,6-7,9-10,12-13,15H2,1-5H3/t16-,18-,19+,23-,24-,28-,29+/m1/s1. The van der Waals surface area contributed by atoms with Crippen LogP contribution < -0.4 is 0 Å². The lowest BCUT2D eigenvalue weighted by Gasteiger charge is -2.41. The van der Waals surface area contributed by atoms with Crippen molar-refractivity contribution in [2.45, 2.75) is 94.2 Å². The number of ether oxygens (including phenoxy) is 2. The molecule has 247 valence electrons. The number of benzene rings is 1. The molecule has 0 unspecified atom stereocenters. The fourth-order valence-corrected chi connectivity index (χ4v) is 9.51. The van der Waals surface area contributed by atoms with Crippen LogP contribution >= 0.6 is 27.7 Å². The van der Waals surface area contributed by atoms with Gasteiger partial charge in [0.15, 0.2) is 5.82 Å². The van der Waals surface area contributed by atoms with Crippen molar-refractivity contribution in [2.75, 3.05) is 19.4 Å². The lowest BCUT2D eigenvalue weighted by atomic mass is 9.79. The van der Waals surface area contributed by atoms with Crippen molar-refractivity contribution < 1.29 is 23.5 Å². The molecular weight excluding hydrogens is 701 g/mol. The number of nitrogens with zero attached hydrogens (tertiary/aromatic N) is 5. The smallest absolute Gasteiger partial charge is 0.410 e. The van der Waals surface area contributed by atoms with E-state index in [2.05, 4.69) is 49.8 Å². The topological polar surface area (TPSA) is 101 Å². The molecule has 5 heterocycles. The van der Waals surface area contributed by atoms with Crippen LogP contribution in [-0.2, 0) is 15.9 Å². The van der Waals surface area contributed by atoms with E-state index in [-0.39, 0.29) is 60.8 Å². The van der Waals surface area contributed by atoms with Crippen LogP contribution in [0.1, 0.15) is 70.3 Å². The van der Waals surface area contributed by atoms with Gasteiger partial charge >= 0.3 is 12.2 Å². The highest BCUT2D eigenvalue weighted by Crippen LogP contribution is 2.60. The number of carbonyl (C=O) groups is 2. The molecule has 3 saturated heterocycles. The normalized spacial score (nSPS) is 27.6. The first-order chi connectivity index (χ1) is 22.4. The molecule has 5 fully saturated rings. The molecular formula is C34H38BrFN5O4SSi. The number of likely N-dealkylation sites (tertiary alicyclic amines) is 1. The predicted octanol–water partition coefficient (Wildman–Crippen LogP) is 7.55. The molecule has 2 saturated carbocycles. The lowest BCUT2D eigenvalue weighted by molar-refractivity contribution is 0.0208. The highest BCUT2D eigenvalue weighted by molar-refractivity contribution is 9.10. The van der Waals surface area contributed by atoms with Gasteiger partial charge in [0, 0.05) is 51.6 Å². The Hall–Kier alpha value is -2.82. The van der Waals surface area contributed by atoms with Crippen LogP contribution in [0, 0.1) is 34.9 Å². The third-order valence-corrected chi connectivity index (χ3v) is 12.2. The van der Waals surface area contributed by atoms with Crippen LogP contribution in [0.3, 0.4) is 0 Å². The van der Waals surface area contributed by atoms with Crippen LogP contribution in [0.4, 0.5) is 14.0 Å².